The number of hydrogen-bond acceptors (Lipinski definition) is 4. The average molecular weight is 353 g/mol. The van der Waals surface area contributed by atoms with E-state index in [0.29, 0.717) is 18.7 Å². The van der Waals surface area contributed by atoms with Gasteiger partial charge in [-0.1, -0.05) is 60.7 Å². The van der Waals surface area contributed by atoms with Crippen molar-refractivity contribution in [2.45, 2.75) is 26.3 Å². The average Bonchev–Trinajstić information content (AvgIpc) is 2.69. The first kappa shape index (κ1) is 19.4. The van der Waals surface area contributed by atoms with E-state index in [1.165, 1.54) is 0 Å². The summed E-state index contributed by atoms with van der Waals surface area (Å²) in [7, 11) is 0. The van der Waals surface area contributed by atoms with Crippen LogP contribution in [0.5, 0.6) is 0 Å². The molecule has 0 atom stereocenters. The summed E-state index contributed by atoms with van der Waals surface area (Å²) in [5.41, 5.74) is 1.58. The van der Waals surface area contributed by atoms with Gasteiger partial charge >= 0.3 is 5.97 Å². The number of amides is 1. The van der Waals surface area contributed by atoms with Crippen molar-refractivity contribution in [2.24, 2.45) is 0 Å². The minimum atomic E-state index is -0.543. The number of rotatable bonds is 9. The highest BCUT2D eigenvalue weighted by molar-refractivity contribution is 5.97. The molecule has 2 rings (SSSR count). The molecule has 1 amide bonds. The SMILES string of the molecule is CCN(Cc1ccccc1)C(=O)COC(=O)CCC(=O)c1ccccc1. The van der Waals surface area contributed by atoms with Crippen molar-refractivity contribution < 1.29 is 19.1 Å². The minimum Gasteiger partial charge on any atom is -0.456 e. The number of likely N-dealkylation sites (N-methyl/N-ethyl adjacent to an activating group) is 1. The molecule has 0 heterocycles. The number of carbonyl (C=O) groups excluding carboxylic acids is 3. The monoisotopic (exact) mass is 353 g/mol. The molecule has 0 saturated heterocycles. The maximum Gasteiger partial charge on any atom is 0.306 e. The van der Waals surface area contributed by atoms with Gasteiger partial charge in [0.05, 0.1) is 6.42 Å². The van der Waals surface area contributed by atoms with Crippen LogP contribution < -0.4 is 0 Å². The second-order valence-corrected chi connectivity index (χ2v) is 5.84. The lowest BCUT2D eigenvalue weighted by atomic mass is 10.1. The molecule has 0 fully saturated rings. The Morgan fingerprint density at radius 3 is 2.12 bits per heavy atom. The molecule has 5 heteroatoms. The third-order valence-corrected chi connectivity index (χ3v) is 3.96. The summed E-state index contributed by atoms with van der Waals surface area (Å²) in [5.74, 6) is -0.911. The highest BCUT2D eigenvalue weighted by Crippen LogP contribution is 2.07. The van der Waals surface area contributed by atoms with Crippen molar-refractivity contribution in [2.75, 3.05) is 13.2 Å². The molecular formula is C21H23NO4. The molecule has 5 nitrogen and oxygen atoms in total. The molecule has 2 aromatic rings. The van der Waals surface area contributed by atoms with Gasteiger partial charge in [-0.2, -0.15) is 0 Å². The molecule has 0 bridgehead atoms. The Hall–Kier alpha value is -2.95. The molecule has 0 aliphatic carbocycles. The lowest BCUT2D eigenvalue weighted by Crippen LogP contribution is -2.34. The molecule has 2 aromatic carbocycles. The molecule has 136 valence electrons. The normalized spacial score (nSPS) is 10.2. The second kappa shape index (κ2) is 10.1. The first-order chi connectivity index (χ1) is 12.6. The maximum absolute atomic E-state index is 12.2. The third kappa shape index (κ3) is 6.16. The van der Waals surface area contributed by atoms with E-state index in [-0.39, 0.29) is 31.1 Å². The number of ether oxygens (including phenoxy) is 1. The first-order valence-corrected chi connectivity index (χ1v) is 8.65. The van der Waals surface area contributed by atoms with E-state index in [0.717, 1.165) is 5.56 Å². The van der Waals surface area contributed by atoms with E-state index >= 15 is 0 Å². The molecule has 0 aliphatic rings. The van der Waals surface area contributed by atoms with Crippen LogP contribution in [-0.4, -0.2) is 35.7 Å². The summed E-state index contributed by atoms with van der Waals surface area (Å²) in [6.07, 6.45) is 0.0321. The van der Waals surface area contributed by atoms with Crippen LogP contribution in [0.1, 0.15) is 35.7 Å². The number of ketones is 1. The zero-order valence-corrected chi connectivity index (χ0v) is 14.9. The summed E-state index contributed by atoms with van der Waals surface area (Å²) in [5, 5.41) is 0. The molecular weight excluding hydrogens is 330 g/mol. The summed E-state index contributed by atoms with van der Waals surface area (Å²) in [4.78, 5) is 37.6. The van der Waals surface area contributed by atoms with Gasteiger partial charge in [-0.25, -0.2) is 0 Å². The smallest absolute Gasteiger partial charge is 0.306 e. The second-order valence-electron chi connectivity index (χ2n) is 5.84. The van der Waals surface area contributed by atoms with E-state index < -0.39 is 5.97 Å². The predicted octanol–water partition coefficient (Wildman–Crippen LogP) is 3.24. The Morgan fingerprint density at radius 2 is 1.50 bits per heavy atom. The first-order valence-electron chi connectivity index (χ1n) is 8.65. The van der Waals surface area contributed by atoms with Gasteiger partial charge in [0.25, 0.3) is 5.91 Å². The molecule has 0 spiro atoms. The van der Waals surface area contributed by atoms with Gasteiger partial charge in [0, 0.05) is 25.1 Å². The highest BCUT2D eigenvalue weighted by atomic mass is 16.5. The van der Waals surface area contributed by atoms with Crippen LogP contribution in [0, 0.1) is 0 Å². The zero-order chi connectivity index (χ0) is 18.8. The van der Waals surface area contributed by atoms with E-state index in [1.54, 1.807) is 29.2 Å². The molecule has 0 N–H and O–H groups in total. The van der Waals surface area contributed by atoms with Crippen LogP contribution in [0.2, 0.25) is 0 Å². The van der Waals surface area contributed by atoms with Crippen molar-refractivity contribution in [1.29, 1.82) is 0 Å². The van der Waals surface area contributed by atoms with E-state index in [1.807, 2.05) is 43.3 Å². The van der Waals surface area contributed by atoms with E-state index in [9.17, 15) is 14.4 Å². The fraction of sp³-hybridized carbons (Fsp3) is 0.286. The Bertz CT molecular complexity index is 728. The van der Waals surface area contributed by atoms with Crippen LogP contribution in [0.4, 0.5) is 0 Å². The predicted molar refractivity (Wildman–Crippen MR) is 98.5 cm³/mol. The van der Waals surface area contributed by atoms with Gasteiger partial charge in [-0.05, 0) is 12.5 Å². The molecule has 0 radical (unpaired) electrons. The largest absolute Gasteiger partial charge is 0.456 e. The fourth-order valence-corrected chi connectivity index (χ4v) is 2.47. The standard InChI is InChI=1S/C21H23NO4/c1-2-22(15-17-9-5-3-6-10-17)20(24)16-26-21(25)14-13-19(23)18-11-7-4-8-12-18/h3-12H,2,13-16H2,1H3. The zero-order valence-electron chi connectivity index (χ0n) is 14.9. The van der Waals surface area contributed by atoms with Crippen LogP contribution in [0.15, 0.2) is 60.7 Å². The van der Waals surface area contributed by atoms with E-state index in [4.69, 9.17) is 4.74 Å². The molecule has 0 aromatic heterocycles. The van der Waals surface area contributed by atoms with Gasteiger partial charge in [0.15, 0.2) is 12.4 Å². The van der Waals surface area contributed by atoms with Crippen molar-refractivity contribution in [3.05, 3.63) is 71.8 Å². The Kier molecular flexibility index (Phi) is 7.55. The lowest BCUT2D eigenvalue weighted by molar-refractivity contribution is -0.152. The fourth-order valence-electron chi connectivity index (χ4n) is 2.47. The van der Waals surface area contributed by atoms with Crippen molar-refractivity contribution in [3.8, 4) is 0 Å². The molecule has 0 aliphatic heterocycles. The lowest BCUT2D eigenvalue weighted by Gasteiger charge is -2.20. The summed E-state index contributed by atoms with van der Waals surface area (Å²) in [6.45, 7) is 2.57. The maximum atomic E-state index is 12.2. The van der Waals surface area contributed by atoms with Crippen LogP contribution in [0.25, 0.3) is 0 Å². The third-order valence-electron chi connectivity index (χ3n) is 3.96. The number of benzene rings is 2. The Labute approximate surface area is 153 Å². The van der Waals surface area contributed by atoms with Gasteiger partial charge < -0.3 is 9.64 Å². The Balaban J connectivity index is 1.75. The highest BCUT2D eigenvalue weighted by Gasteiger charge is 2.15. The van der Waals surface area contributed by atoms with Gasteiger partial charge in [0.1, 0.15) is 0 Å². The molecule has 0 unspecified atom stereocenters. The molecule has 0 saturated carbocycles. The summed E-state index contributed by atoms with van der Waals surface area (Å²) < 4.78 is 5.03. The summed E-state index contributed by atoms with van der Waals surface area (Å²) in [6, 6.07) is 18.4. The number of esters is 1. The topological polar surface area (TPSA) is 63.7 Å². The number of Topliss-reactive ketones (excluding diaryl/α,β-unsaturated/α-hetero) is 1. The molecule has 26 heavy (non-hydrogen) atoms. The van der Waals surface area contributed by atoms with E-state index in [2.05, 4.69) is 0 Å². The number of hydrogen-bond donors (Lipinski definition) is 0. The summed E-state index contributed by atoms with van der Waals surface area (Å²) >= 11 is 0. The van der Waals surface area contributed by atoms with Crippen LogP contribution >= 0.6 is 0 Å². The van der Waals surface area contributed by atoms with Crippen LogP contribution in [-0.2, 0) is 20.9 Å². The van der Waals surface area contributed by atoms with Crippen molar-refractivity contribution >= 4 is 17.7 Å². The van der Waals surface area contributed by atoms with Gasteiger partial charge in [0.2, 0.25) is 0 Å². The van der Waals surface area contributed by atoms with Gasteiger partial charge in [-0.3, -0.25) is 14.4 Å². The number of nitrogens with zero attached hydrogens (tertiary/aromatic N) is 1. The number of carbonyl (C=O) groups is 3. The van der Waals surface area contributed by atoms with Gasteiger partial charge in [-0.15, -0.1) is 0 Å². The van der Waals surface area contributed by atoms with Crippen LogP contribution in [0.3, 0.4) is 0 Å². The Morgan fingerprint density at radius 1 is 0.885 bits per heavy atom. The quantitative estimate of drug-likeness (QED) is 0.513. The minimum absolute atomic E-state index is 0.0359. The van der Waals surface area contributed by atoms with Crippen molar-refractivity contribution in [1.82, 2.24) is 4.90 Å². The van der Waals surface area contributed by atoms with Crippen molar-refractivity contribution in [3.63, 3.8) is 0 Å².